The Kier molecular flexibility index (Phi) is 4.15. The molecule has 1 unspecified atom stereocenters. The maximum atomic E-state index is 5.23. The van der Waals surface area contributed by atoms with Crippen LogP contribution in [0.1, 0.15) is 13.8 Å². The standard InChI is InChI=1S/C15H20N2O/c1-11(2)14(10-18-3)17-15-9-8-12-6-4-5-7-13(12)16-15/h4-9,11,14H,10H2,1-3H3,(H,16,17). The lowest BCUT2D eigenvalue weighted by Crippen LogP contribution is -2.30. The number of ether oxygens (including phenoxy) is 1. The molecule has 0 aliphatic rings. The molecule has 1 N–H and O–H groups in total. The van der Waals surface area contributed by atoms with E-state index in [1.807, 2.05) is 24.3 Å². The molecule has 2 rings (SSSR count). The third kappa shape index (κ3) is 2.99. The van der Waals surface area contributed by atoms with Crippen LogP contribution in [0.3, 0.4) is 0 Å². The van der Waals surface area contributed by atoms with Crippen molar-refractivity contribution in [1.82, 2.24) is 4.98 Å². The lowest BCUT2D eigenvalue weighted by Gasteiger charge is -2.22. The zero-order chi connectivity index (χ0) is 13.0. The van der Waals surface area contributed by atoms with E-state index in [4.69, 9.17) is 4.74 Å². The number of fused-ring (bicyclic) bond motifs is 1. The second kappa shape index (κ2) is 5.83. The Hall–Kier alpha value is -1.61. The lowest BCUT2D eigenvalue weighted by atomic mass is 10.1. The molecule has 0 amide bonds. The van der Waals surface area contributed by atoms with Gasteiger partial charge in [0.15, 0.2) is 0 Å². The van der Waals surface area contributed by atoms with Gasteiger partial charge in [0.1, 0.15) is 5.82 Å². The first-order chi connectivity index (χ1) is 8.70. The van der Waals surface area contributed by atoms with Gasteiger partial charge in [-0.05, 0) is 24.1 Å². The second-order valence-electron chi connectivity index (χ2n) is 4.84. The summed E-state index contributed by atoms with van der Waals surface area (Å²) in [5.41, 5.74) is 1.02. The number of nitrogens with one attached hydrogen (secondary N) is 1. The van der Waals surface area contributed by atoms with E-state index in [1.54, 1.807) is 7.11 Å². The molecule has 1 heterocycles. The average Bonchev–Trinajstić information content (AvgIpc) is 2.38. The first kappa shape index (κ1) is 12.8. The van der Waals surface area contributed by atoms with Crippen molar-refractivity contribution in [3.63, 3.8) is 0 Å². The van der Waals surface area contributed by atoms with Gasteiger partial charge >= 0.3 is 0 Å². The molecule has 0 aliphatic carbocycles. The summed E-state index contributed by atoms with van der Waals surface area (Å²) in [7, 11) is 1.73. The number of anilines is 1. The minimum absolute atomic E-state index is 0.281. The molecule has 0 fully saturated rings. The maximum Gasteiger partial charge on any atom is 0.126 e. The molecule has 1 atom stereocenters. The number of nitrogens with zero attached hydrogens (tertiary/aromatic N) is 1. The van der Waals surface area contributed by atoms with Gasteiger partial charge in [0.25, 0.3) is 0 Å². The van der Waals surface area contributed by atoms with E-state index in [0.717, 1.165) is 16.7 Å². The lowest BCUT2D eigenvalue weighted by molar-refractivity contribution is 0.171. The Bertz CT molecular complexity index is 511. The maximum absolute atomic E-state index is 5.23. The fourth-order valence-electron chi connectivity index (χ4n) is 1.92. The van der Waals surface area contributed by atoms with Crippen LogP contribution in [0.2, 0.25) is 0 Å². The topological polar surface area (TPSA) is 34.1 Å². The Labute approximate surface area is 108 Å². The summed E-state index contributed by atoms with van der Waals surface area (Å²) in [6.45, 7) is 5.04. The molecule has 1 aromatic carbocycles. The van der Waals surface area contributed by atoms with Gasteiger partial charge in [-0.2, -0.15) is 0 Å². The molecule has 0 aliphatic heterocycles. The van der Waals surface area contributed by atoms with E-state index < -0.39 is 0 Å². The minimum Gasteiger partial charge on any atom is -0.383 e. The number of aromatic nitrogens is 1. The molecule has 3 nitrogen and oxygen atoms in total. The molecule has 18 heavy (non-hydrogen) atoms. The second-order valence-corrected chi connectivity index (χ2v) is 4.84. The van der Waals surface area contributed by atoms with Gasteiger partial charge in [-0.3, -0.25) is 0 Å². The number of rotatable bonds is 5. The molecule has 2 aromatic rings. The third-order valence-corrected chi connectivity index (χ3v) is 3.08. The van der Waals surface area contributed by atoms with Crippen molar-refractivity contribution in [2.24, 2.45) is 5.92 Å². The smallest absolute Gasteiger partial charge is 0.126 e. The molecule has 96 valence electrons. The summed E-state index contributed by atoms with van der Waals surface area (Å²) in [6.07, 6.45) is 0. The molecule has 1 aromatic heterocycles. The zero-order valence-electron chi connectivity index (χ0n) is 11.2. The SMILES string of the molecule is COCC(Nc1ccc2ccccc2n1)C(C)C. The summed E-state index contributed by atoms with van der Waals surface area (Å²) < 4.78 is 5.23. The van der Waals surface area contributed by atoms with E-state index in [2.05, 4.69) is 36.3 Å². The van der Waals surface area contributed by atoms with Gasteiger partial charge in [0, 0.05) is 12.5 Å². The van der Waals surface area contributed by atoms with Crippen LogP contribution in [0, 0.1) is 5.92 Å². The van der Waals surface area contributed by atoms with E-state index >= 15 is 0 Å². The highest BCUT2D eigenvalue weighted by atomic mass is 16.5. The van der Waals surface area contributed by atoms with Crippen molar-refractivity contribution in [3.8, 4) is 0 Å². The fourth-order valence-corrected chi connectivity index (χ4v) is 1.92. The van der Waals surface area contributed by atoms with E-state index in [1.165, 1.54) is 0 Å². The zero-order valence-corrected chi connectivity index (χ0v) is 11.2. The number of hydrogen-bond acceptors (Lipinski definition) is 3. The molecule has 0 bridgehead atoms. The number of pyridine rings is 1. The van der Waals surface area contributed by atoms with Crippen molar-refractivity contribution < 1.29 is 4.74 Å². The molecule has 0 radical (unpaired) electrons. The van der Waals surface area contributed by atoms with Gasteiger partial charge in [0.2, 0.25) is 0 Å². The van der Waals surface area contributed by atoms with Crippen LogP contribution in [-0.4, -0.2) is 24.7 Å². The third-order valence-electron chi connectivity index (χ3n) is 3.08. The van der Waals surface area contributed by atoms with E-state index in [-0.39, 0.29) is 6.04 Å². The van der Waals surface area contributed by atoms with Crippen LogP contribution in [0.4, 0.5) is 5.82 Å². The Morgan fingerprint density at radius 3 is 2.67 bits per heavy atom. The van der Waals surface area contributed by atoms with Crippen LogP contribution < -0.4 is 5.32 Å². The monoisotopic (exact) mass is 244 g/mol. The summed E-state index contributed by atoms with van der Waals surface area (Å²) in [6, 6.07) is 12.5. The van der Waals surface area contributed by atoms with Crippen LogP contribution in [0.25, 0.3) is 10.9 Å². The first-order valence-electron chi connectivity index (χ1n) is 6.32. The number of para-hydroxylation sites is 1. The van der Waals surface area contributed by atoms with Gasteiger partial charge in [-0.15, -0.1) is 0 Å². The van der Waals surface area contributed by atoms with Crippen molar-refractivity contribution in [1.29, 1.82) is 0 Å². The Balaban J connectivity index is 2.20. The quantitative estimate of drug-likeness (QED) is 0.876. The predicted octanol–water partition coefficient (Wildman–Crippen LogP) is 3.32. The molecule has 3 heteroatoms. The highest BCUT2D eigenvalue weighted by Crippen LogP contribution is 2.16. The average molecular weight is 244 g/mol. The first-order valence-corrected chi connectivity index (χ1v) is 6.32. The van der Waals surface area contributed by atoms with Crippen LogP contribution in [-0.2, 0) is 4.74 Å². The predicted molar refractivity (Wildman–Crippen MR) is 75.9 cm³/mol. The van der Waals surface area contributed by atoms with Crippen LogP contribution in [0.15, 0.2) is 36.4 Å². The normalized spacial score (nSPS) is 12.9. The van der Waals surface area contributed by atoms with Gasteiger partial charge in [-0.1, -0.05) is 32.0 Å². The van der Waals surface area contributed by atoms with Crippen LogP contribution in [0.5, 0.6) is 0 Å². The van der Waals surface area contributed by atoms with Crippen molar-refractivity contribution in [2.45, 2.75) is 19.9 Å². The Morgan fingerprint density at radius 1 is 1.17 bits per heavy atom. The largest absolute Gasteiger partial charge is 0.383 e. The minimum atomic E-state index is 0.281. The molecule has 0 saturated carbocycles. The summed E-state index contributed by atoms with van der Waals surface area (Å²) in [4.78, 5) is 4.61. The van der Waals surface area contributed by atoms with Crippen LogP contribution >= 0.6 is 0 Å². The summed E-state index contributed by atoms with van der Waals surface area (Å²) in [5.74, 6) is 1.41. The van der Waals surface area contributed by atoms with E-state index in [0.29, 0.717) is 12.5 Å². The number of hydrogen-bond donors (Lipinski definition) is 1. The highest BCUT2D eigenvalue weighted by Gasteiger charge is 2.13. The molecular weight excluding hydrogens is 224 g/mol. The van der Waals surface area contributed by atoms with Crippen molar-refractivity contribution >= 4 is 16.7 Å². The van der Waals surface area contributed by atoms with Gasteiger partial charge in [-0.25, -0.2) is 4.98 Å². The summed E-state index contributed by atoms with van der Waals surface area (Å²) >= 11 is 0. The molecule has 0 spiro atoms. The van der Waals surface area contributed by atoms with Gasteiger partial charge in [0.05, 0.1) is 18.2 Å². The molecule has 0 saturated heterocycles. The van der Waals surface area contributed by atoms with Crippen molar-refractivity contribution in [3.05, 3.63) is 36.4 Å². The highest BCUT2D eigenvalue weighted by molar-refractivity contribution is 5.80. The number of methoxy groups -OCH3 is 1. The van der Waals surface area contributed by atoms with Gasteiger partial charge < -0.3 is 10.1 Å². The number of benzene rings is 1. The molecular formula is C15H20N2O. The summed E-state index contributed by atoms with van der Waals surface area (Å²) in [5, 5.41) is 4.60. The van der Waals surface area contributed by atoms with Crippen molar-refractivity contribution in [2.75, 3.05) is 19.0 Å². The Morgan fingerprint density at radius 2 is 1.94 bits per heavy atom. The van der Waals surface area contributed by atoms with E-state index in [9.17, 15) is 0 Å². The fraction of sp³-hybridized carbons (Fsp3) is 0.400.